The van der Waals surface area contributed by atoms with E-state index in [9.17, 15) is 8.78 Å². The largest absolute Gasteiger partial charge is 0.383 e. The number of aromatic nitrogens is 1. The summed E-state index contributed by atoms with van der Waals surface area (Å²) in [6.45, 7) is 0.172. The lowest BCUT2D eigenvalue weighted by molar-refractivity contribution is 0.0282. The van der Waals surface area contributed by atoms with Crippen molar-refractivity contribution in [3.05, 3.63) is 17.8 Å². The molecule has 6 heteroatoms. The zero-order valence-corrected chi connectivity index (χ0v) is 10.3. The summed E-state index contributed by atoms with van der Waals surface area (Å²) in [5, 5.41) is 11.9. The molecule has 1 spiro atoms. The summed E-state index contributed by atoms with van der Waals surface area (Å²) >= 11 is 0. The van der Waals surface area contributed by atoms with Crippen LogP contribution < -0.4 is 11.1 Å². The van der Waals surface area contributed by atoms with Crippen LogP contribution in [-0.2, 0) is 0 Å². The maximum atomic E-state index is 13.7. The van der Waals surface area contributed by atoms with Gasteiger partial charge in [-0.3, -0.25) is 0 Å². The van der Waals surface area contributed by atoms with Gasteiger partial charge in [-0.1, -0.05) is 6.42 Å². The Morgan fingerprint density at radius 2 is 2.26 bits per heavy atom. The Kier molecular flexibility index (Phi) is 2.43. The van der Waals surface area contributed by atoms with E-state index in [-0.39, 0.29) is 17.9 Å². The minimum atomic E-state index is -2.57. The Hall–Kier alpha value is -1.90. The van der Waals surface area contributed by atoms with Gasteiger partial charge in [0, 0.05) is 18.2 Å². The number of pyridine rings is 1. The molecule has 1 aromatic heterocycles. The van der Waals surface area contributed by atoms with E-state index < -0.39 is 17.3 Å². The molecule has 1 atom stereocenters. The highest BCUT2D eigenvalue weighted by atomic mass is 19.3. The minimum Gasteiger partial charge on any atom is -0.383 e. The van der Waals surface area contributed by atoms with Crippen molar-refractivity contribution in [2.24, 2.45) is 11.3 Å². The number of alkyl halides is 2. The third kappa shape index (κ3) is 1.51. The van der Waals surface area contributed by atoms with Crippen molar-refractivity contribution in [1.82, 2.24) is 4.98 Å². The number of nitrogens with one attached hydrogen (secondary N) is 1. The lowest BCUT2D eigenvalue weighted by atomic mass is 9.79. The highest BCUT2D eigenvalue weighted by Gasteiger charge is 2.81. The molecule has 0 bridgehead atoms. The smallest absolute Gasteiger partial charge is 0.259 e. The molecule has 2 aliphatic carbocycles. The topological polar surface area (TPSA) is 74.7 Å². The molecule has 1 heterocycles. The second kappa shape index (κ2) is 3.80. The van der Waals surface area contributed by atoms with E-state index in [1.165, 1.54) is 6.20 Å². The third-order valence-electron chi connectivity index (χ3n) is 4.52. The Labute approximate surface area is 109 Å². The van der Waals surface area contributed by atoms with E-state index in [0.29, 0.717) is 18.5 Å². The van der Waals surface area contributed by atoms with Crippen LogP contribution in [0.5, 0.6) is 0 Å². The Bertz CT molecular complexity index is 560. The van der Waals surface area contributed by atoms with Gasteiger partial charge < -0.3 is 11.1 Å². The van der Waals surface area contributed by atoms with Crippen LogP contribution in [0.1, 0.15) is 24.8 Å². The monoisotopic (exact) mass is 264 g/mol. The van der Waals surface area contributed by atoms with E-state index in [2.05, 4.69) is 10.3 Å². The number of nitrogens with zero attached hydrogens (tertiary/aromatic N) is 2. The lowest BCUT2D eigenvalue weighted by Gasteiger charge is -2.26. The average molecular weight is 264 g/mol. The summed E-state index contributed by atoms with van der Waals surface area (Å²) in [7, 11) is 0. The molecule has 4 nitrogen and oxygen atoms in total. The SMILES string of the molecule is N#Cc1c(NCC2C(F)(F)C23CCC3)ccnc1N. The Balaban J connectivity index is 1.72. The normalized spacial score (nSPS) is 25.4. The van der Waals surface area contributed by atoms with Crippen LogP contribution in [0.15, 0.2) is 12.3 Å². The van der Waals surface area contributed by atoms with E-state index in [4.69, 9.17) is 11.0 Å². The first kappa shape index (κ1) is 12.2. The fourth-order valence-corrected chi connectivity index (χ4v) is 3.11. The van der Waals surface area contributed by atoms with Crippen LogP contribution in [0.2, 0.25) is 0 Å². The summed E-state index contributed by atoms with van der Waals surface area (Å²) in [4.78, 5) is 3.81. The molecule has 100 valence electrons. The van der Waals surface area contributed by atoms with E-state index in [0.717, 1.165) is 6.42 Å². The van der Waals surface area contributed by atoms with Gasteiger partial charge in [0.1, 0.15) is 17.5 Å². The fraction of sp³-hybridized carbons (Fsp3) is 0.538. The van der Waals surface area contributed by atoms with Crippen molar-refractivity contribution >= 4 is 11.5 Å². The van der Waals surface area contributed by atoms with Crippen molar-refractivity contribution in [3.63, 3.8) is 0 Å². The van der Waals surface area contributed by atoms with Gasteiger partial charge in [0.2, 0.25) is 0 Å². The molecule has 0 aliphatic heterocycles. The molecule has 1 unspecified atom stereocenters. The molecule has 2 aliphatic rings. The first-order chi connectivity index (χ1) is 9.03. The van der Waals surface area contributed by atoms with Crippen LogP contribution in [-0.4, -0.2) is 17.5 Å². The molecule has 1 aromatic rings. The zero-order chi connectivity index (χ0) is 13.7. The van der Waals surface area contributed by atoms with Gasteiger partial charge in [-0.25, -0.2) is 13.8 Å². The third-order valence-corrected chi connectivity index (χ3v) is 4.52. The Morgan fingerprint density at radius 1 is 1.53 bits per heavy atom. The first-order valence-electron chi connectivity index (χ1n) is 6.29. The summed E-state index contributed by atoms with van der Waals surface area (Å²) in [5.41, 5.74) is 5.50. The van der Waals surface area contributed by atoms with Crippen molar-refractivity contribution in [3.8, 4) is 6.07 Å². The lowest BCUT2D eigenvalue weighted by Crippen LogP contribution is -2.21. The highest BCUT2D eigenvalue weighted by Crippen LogP contribution is 2.75. The van der Waals surface area contributed by atoms with E-state index >= 15 is 0 Å². The standard InChI is InChI=1S/C13H14F2N4/c14-13(15)10(12(13)3-1-4-12)7-19-9-2-5-18-11(17)8(9)6-16/h2,5,10H,1,3-4,7H2,(H3,17,18,19). The van der Waals surface area contributed by atoms with Crippen molar-refractivity contribution in [2.75, 3.05) is 17.6 Å². The van der Waals surface area contributed by atoms with Crippen molar-refractivity contribution in [2.45, 2.75) is 25.2 Å². The second-order valence-electron chi connectivity index (χ2n) is 5.30. The average Bonchev–Trinajstić information content (AvgIpc) is 2.83. The molecule has 0 aromatic carbocycles. The fourth-order valence-electron chi connectivity index (χ4n) is 3.11. The number of hydrogen-bond acceptors (Lipinski definition) is 4. The molecular weight excluding hydrogens is 250 g/mol. The van der Waals surface area contributed by atoms with Crippen LogP contribution in [0.3, 0.4) is 0 Å². The van der Waals surface area contributed by atoms with Crippen LogP contribution in [0.25, 0.3) is 0 Å². The highest BCUT2D eigenvalue weighted by molar-refractivity contribution is 5.66. The second-order valence-corrected chi connectivity index (χ2v) is 5.30. The summed E-state index contributed by atoms with van der Waals surface area (Å²) in [6, 6.07) is 3.53. The summed E-state index contributed by atoms with van der Waals surface area (Å²) in [6.07, 6.45) is 3.56. The van der Waals surface area contributed by atoms with Gasteiger partial charge in [-0.05, 0) is 18.9 Å². The summed E-state index contributed by atoms with van der Waals surface area (Å²) in [5.74, 6) is -3.08. The molecule has 0 saturated heterocycles. The number of hydrogen-bond donors (Lipinski definition) is 2. The molecule has 3 N–H and O–H groups in total. The molecule has 0 amide bonds. The predicted octanol–water partition coefficient (Wildman–Crippen LogP) is 2.38. The van der Waals surface area contributed by atoms with Crippen LogP contribution in [0, 0.1) is 22.7 Å². The minimum absolute atomic E-state index is 0.119. The predicted molar refractivity (Wildman–Crippen MR) is 66.6 cm³/mol. The van der Waals surface area contributed by atoms with Gasteiger partial charge in [0.15, 0.2) is 0 Å². The molecule has 3 rings (SSSR count). The Morgan fingerprint density at radius 3 is 2.79 bits per heavy atom. The number of nitrogen functional groups attached to an aromatic ring is 1. The quantitative estimate of drug-likeness (QED) is 0.879. The number of rotatable bonds is 3. The molecule has 19 heavy (non-hydrogen) atoms. The van der Waals surface area contributed by atoms with Gasteiger partial charge in [0.05, 0.1) is 11.6 Å². The maximum Gasteiger partial charge on any atom is 0.259 e. The summed E-state index contributed by atoms with van der Waals surface area (Å²) < 4.78 is 27.4. The van der Waals surface area contributed by atoms with E-state index in [1.54, 1.807) is 6.07 Å². The molecule has 2 fully saturated rings. The van der Waals surface area contributed by atoms with Crippen molar-refractivity contribution in [1.29, 1.82) is 5.26 Å². The number of anilines is 2. The first-order valence-corrected chi connectivity index (χ1v) is 6.29. The molecule has 2 saturated carbocycles. The van der Waals surface area contributed by atoms with Crippen LogP contribution in [0.4, 0.5) is 20.3 Å². The van der Waals surface area contributed by atoms with Crippen molar-refractivity contribution < 1.29 is 8.78 Å². The van der Waals surface area contributed by atoms with Crippen LogP contribution >= 0.6 is 0 Å². The molecule has 0 radical (unpaired) electrons. The van der Waals surface area contributed by atoms with E-state index in [1.807, 2.05) is 6.07 Å². The maximum absolute atomic E-state index is 13.7. The number of halogens is 2. The van der Waals surface area contributed by atoms with Gasteiger partial charge in [0.25, 0.3) is 5.92 Å². The molecular formula is C13H14F2N4. The van der Waals surface area contributed by atoms with Gasteiger partial charge >= 0.3 is 0 Å². The van der Waals surface area contributed by atoms with Gasteiger partial charge in [-0.2, -0.15) is 5.26 Å². The number of nitriles is 1. The number of nitrogens with two attached hydrogens (primary N) is 1. The zero-order valence-electron chi connectivity index (χ0n) is 10.3. The van der Waals surface area contributed by atoms with Gasteiger partial charge in [-0.15, -0.1) is 0 Å².